The summed E-state index contributed by atoms with van der Waals surface area (Å²) in [6, 6.07) is 11.6. The van der Waals surface area contributed by atoms with Crippen molar-refractivity contribution in [3.05, 3.63) is 57.2 Å². The molecule has 3 heterocycles. The van der Waals surface area contributed by atoms with E-state index < -0.39 is 0 Å². The highest BCUT2D eigenvalue weighted by Crippen LogP contribution is 2.42. The van der Waals surface area contributed by atoms with Gasteiger partial charge >= 0.3 is 0 Å². The van der Waals surface area contributed by atoms with Gasteiger partial charge in [0, 0.05) is 23.4 Å². The van der Waals surface area contributed by atoms with Crippen molar-refractivity contribution in [1.29, 1.82) is 0 Å². The summed E-state index contributed by atoms with van der Waals surface area (Å²) in [5.41, 5.74) is 1.96. The number of thiophene rings is 1. The number of hydrogen-bond donors (Lipinski definition) is 1. The summed E-state index contributed by atoms with van der Waals surface area (Å²) in [4.78, 5) is 29.2. The summed E-state index contributed by atoms with van der Waals surface area (Å²) in [6.45, 7) is 4.19. The van der Waals surface area contributed by atoms with Crippen LogP contribution in [0, 0.1) is 12.8 Å². The number of rotatable bonds is 8. The van der Waals surface area contributed by atoms with Gasteiger partial charge in [-0.05, 0) is 43.3 Å². The predicted molar refractivity (Wildman–Crippen MR) is 130 cm³/mol. The fourth-order valence-electron chi connectivity index (χ4n) is 4.09. The van der Waals surface area contributed by atoms with Crippen LogP contribution in [0.4, 0.5) is 10.8 Å². The second-order valence-corrected chi connectivity index (χ2v) is 10.2. The largest absolute Gasteiger partial charge is 0.303 e. The van der Waals surface area contributed by atoms with Crippen LogP contribution in [0.1, 0.15) is 60.5 Å². The SMILES string of the molecule is CCCCCc1nnc(NC(=O)[C@@H]2CCC(=O)N(c3ccc(C)cc3)[C@H]2c2cccs2)s1. The molecule has 3 aromatic rings. The van der Waals surface area contributed by atoms with Gasteiger partial charge in [-0.3, -0.25) is 9.59 Å². The zero-order valence-electron chi connectivity index (χ0n) is 18.4. The summed E-state index contributed by atoms with van der Waals surface area (Å²) in [5.74, 6) is -0.421. The van der Waals surface area contributed by atoms with Crippen molar-refractivity contribution in [3.8, 4) is 0 Å². The quantitative estimate of drug-likeness (QED) is 0.426. The third-order valence-electron chi connectivity index (χ3n) is 5.77. The molecule has 1 aliphatic heterocycles. The Morgan fingerprint density at radius 2 is 2.00 bits per heavy atom. The molecule has 8 heteroatoms. The highest BCUT2D eigenvalue weighted by atomic mass is 32.1. The Morgan fingerprint density at radius 1 is 1.19 bits per heavy atom. The van der Waals surface area contributed by atoms with E-state index in [1.807, 2.05) is 48.7 Å². The van der Waals surface area contributed by atoms with Crippen LogP contribution in [0.2, 0.25) is 0 Å². The molecule has 1 aliphatic rings. The highest BCUT2D eigenvalue weighted by molar-refractivity contribution is 7.15. The number of carbonyl (C=O) groups excluding carboxylic acids is 2. The molecule has 1 N–H and O–H groups in total. The van der Waals surface area contributed by atoms with Gasteiger partial charge in [0.25, 0.3) is 0 Å². The third kappa shape index (κ3) is 5.07. The van der Waals surface area contributed by atoms with E-state index >= 15 is 0 Å². The number of nitrogens with zero attached hydrogens (tertiary/aromatic N) is 3. The van der Waals surface area contributed by atoms with E-state index in [0.717, 1.165) is 46.8 Å². The van der Waals surface area contributed by atoms with E-state index in [4.69, 9.17) is 0 Å². The second-order valence-electron chi connectivity index (χ2n) is 8.15. The van der Waals surface area contributed by atoms with E-state index in [2.05, 4.69) is 22.4 Å². The molecule has 0 aliphatic carbocycles. The van der Waals surface area contributed by atoms with Crippen LogP contribution in [-0.4, -0.2) is 22.0 Å². The molecule has 2 aromatic heterocycles. The zero-order chi connectivity index (χ0) is 22.5. The van der Waals surface area contributed by atoms with E-state index in [9.17, 15) is 9.59 Å². The lowest BCUT2D eigenvalue weighted by molar-refractivity contribution is -0.125. The Balaban J connectivity index is 1.57. The molecular formula is C24H28N4O2S2. The van der Waals surface area contributed by atoms with Gasteiger partial charge in [-0.2, -0.15) is 0 Å². The minimum absolute atomic E-state index is 0.0467. The first-order valence-corrected chi connectivity index (χ1v) is 12.8. The summed E-state index contributed by atoms with van der Waals surface area (Å²) in [5, 5.41) is 14.9. The molecule has 6 nitrogen and oxygen atoms in total. The molecule has 0 radical (unpaired) electrons. The number of amides is 2. The minimum Gasteiger partial charge on any atom is -0.303 e. The van der Waals surface area contributed by atoms with Crippen molar-refractivity contribution in [3.63, 3.8) is 0 Å². The maximum atomic E-state index is 13.4. The van der Waals surface area contributed by atoms with Crippen LogP contribution < -0.4 is 10.2 Å². The minimum atomic E-state index is -0.361. The molecule has 0 bridgehead atoms. The van der Waals surface area contributed by atoms with Crippen molar-refractivity contribution in [2.75, 3.05) is 10.2 Å². The van der Waals surface area contributed by atoms with Gasteiger partial charge in [-0.15, -0.1) is 21.5 Å². The molecular weight excluding hydrogens is 440 g/mol. The molecule has 0 spiro atoms. The van der Waals surface area contributed by atoms with Gasteiger partial charge in [0.15, 0.2) is 0 Å². The topological polar surface area (TPSA) is 75.2 Å². The molecule has 2 amide bonds. The summed E-state index contributed by atoms with van der Waals surface area (Å²) in [7, 11) is 0. The molecule has 1 aromatic carbocycles. The van der Waals surface area contributed by atoms with Crippen LogP contribution in [0.5, 0.6) is 0 Å². The Kier molecular flexibility index (Phi) is 7.32. The summed E-state index contributed by atoms with van der Waals surface area (Å²) >= 11 is 3.02. The lowest BCUT2D eigenvalue weighted by Gasteiger charge is -2.40. The fraction of sp³-hybridized carbons (Fsp3) is 0.417. The van der Waals surface area contributed by atoms with Gasteiger partial charge in [-0.1, -0.05) is 54.9 Å². The van der Waals surface area contributed by atoms with Crippen LogP contribution in [-0.2, 0) is 16.0 Å². The Labute approximate surface area is 196 Å². The van der Waals surface area contributed by atoms with Crippen molar-refractivity contribution < 1.29 is 9.59 Å². The summed E-state index contributed by atoms with van der Waals surface area (Å²) in [6.07, 6.45) is 5.14. The number of anilines is 2. The Hall–Kier alpha value is -2.58. The van der Waals surface area contributed by atoms with E-state index in [1.165, 1.54) is 11.3 Å². The van der Waals surface area contributed by atoms with E-state index in [-0.39, 0.29) is 23.8 Å². The number of carbonyl (C=O) groups is 2. The van der Waals surface area contributed by atoms with Gasteiger partial charge in [0.05, 0.1) is 12.0 Å². The molecule has 4 rings (SSSR count). The van der Waals surface area contributed by atoms with Crippen molar-refractivity contribution >= 4 is 45.3 Å². The lowest BCUT2D eigenvalue weighted by atomic mass is 9.86. The summed E-state index contributed by atoms with van der Waals surface area (Å²) < 4.78 is 0. The smallest absolute Gasteiger partial charge is 0.231 e. The molecule has 168 valence electrons. The average Bonchev–Trinajstić information content (AvgIpc) is 3.47. The predicted octanol–water partition coefficient (Wildman–Crippen LogP) is 5.76. The van der Waals surface area contributed by atoms with Crippen molar-refractivity contribution in [1.82, 2.24) is 10.2 Å². The number of aromatic nitrogens is 2. The monoisotopic (exact) mass is 468 g/mol. The number of benzene rings is 1. The molecule has 1 saturated heterocycles. The van der Waals surface area contributed by atoms with Crippen molar-refractivity contribution in [2.24, 2.45) is 5.92 Å². The van der Waals surface area contributed by atoms with Gasteiger partial charge in [-0.25, -0.2) is 0 Å². The lowest BCUT2D eigenvalue weighted by Crippen LogP contribution is -2.46. The average molecular weight is 469 g/mol. The van der Waals surface area contributed by atoms with E-state index in [0.29, 0.717) is 18.0 Å². The normalized spacial score (nSPS) is 18.7. The maximum Gasteiger partial charge on any atom is 0.231 e. The van der Waals surface area contributed by atoms with Gasteiger partial charge < -0.3 is 10.2 Å². The molecule has 1 fully saturated rings. The number of unbranched alkanes of at least 4 members (excludes halogenated alkanes) is 2. The van der Waals surface area contributed by atoms with Gasteiger partial charge in [0.1, 0.15) is 5.01 Å². The Morgan fingerprint density at radius 3 is 2.72 bits per heavy atom. The number of piperidine rings is 1. The molecule has 0 saturated carbocycles. The number of aryl methyl sites for hydroxylation is 2. The molecule has 32 heavy (non-hydrogen) atoms. The first-order chi connectivity index (χ1) is 15.6. The van der Waals surface area contributed by atoms with E-state index in [1.54, 1.807) is 16.2 Å². The standard InChI is InChI=1S/C24H28N4O2S2/c1-3-4-5-8-20-26-27-24(32-20)25-23(30)18-13-14-21(29)28(17-11-9-16(2)10-12-17)22(18)19-7-6-15-31-19/h6-7,9-12,15,18,22H,3-5,8,13-14H2,1-2H3,(H,25,27,30)/t18-,22-/m1/s1. The molecule has 0 unspecified atom stereocenters. The number of nitrogens with one attached hydrogen (secondary N) is 1. The van der Waals surface area contributed by atoms with Gasteiger partial charge in [0.2, 0.25) is 16.9 Å². The van der Waals surface area contributed by atoms with Crippen molar-refractivity contribution in [2.45, 2.75) is 58.4 Å². The fourth-order valence-corrected chi connectivity index (χ4v) is 5.76. The van der Waals surface area contributed by atoms with Crippen LogP contribution >= 0.6 is 22.7 Å². The third-order valence-corrected chi connectivity index (χ3v) is 7.61. The van der Waals surface area contributed by atoms with Crippen LogP contribution in [0.3, 0.4) is 0 Å². The Bertz CT molecular complexity index is 1050. The van der Waals surface area contributed by atoms with Crippen LogP contribution in [0.25, 0.3) is 0 Å². The van der Waals surface area contributed by atoms with Crippen LogP contribution in [0.15, 0.2) is 41.8 Å². The maximum absolute atomic E-state index is 13.4. The second kappa shape index (κ2) is 10.4. The molecule has 2 atom stereocenters. The zero-order valence-corrected chi connectivity index (χ0v) is 20.0. The first-order valence-electron chi connectivity index (χ1n) is 11.1. The highest BCUT2D eigenvalue weighted by Gasteiger charge is 2.42. The number of hydrogen-bond acceptors (Lipinski definition) is 6. The first kappa shape index (κ1) is 22.6.